The van der Waals surface area contributed by atoms with Gasteiger partial charge in [0, 0.05) is 6.54 Å². The molecule has 0 fully saturated rings. The van der Waals surface area contributed by atoms with Gasteiger partial charge in [0.25, 0.3) is 0 Å². The predicted octanol–water partition coefficient (Wildman–Crippen LogP) is 4.32. The summed E-state index contributed by atoms with van der Waals surface area (Å²) in [7, 11) is 2.70. The van der Waals surface area contributed by atoms with Crippen LogP contribution in [0.5, 0.6) is 0 Å². The SMILES string of the molecule is COC(=O)C1=C(C(=O)OC)C2(c3ccccc3)c3ccccc3C1(C)N2Cc1ccccc1. The second-order valence-electron chi connectivity index (χ2n) is 8.50. The van der Waals surface area contributed by atoms with Crippen LogP contribution in [0.4, 0.5) is 0 Å². The first kappa shape index (κ1) is 21.2. The monoisotopic (exact) mass is 439 g/mol. The van der Waals surface area contributed by atoms with Crippen molar-refractivity contribution in [3.8, 4) is 0 Å². The smallest absolute Gasteiger partial charge is 0.336 e. The molecule has 2 unspecified atom stereocenters. The van der Waals surface area contributed by atoms with Gasteiger partial charge in [0.1, 0.15) is 5.54 Å². The van der Waals surface area contributed by atoms with Gasteiger partial charge in [-0.15, -0.1) is 0 Å². The number of methoxy groups -OCH3 is 2. The van der Waals surface area contributed by atoms with E-state index in [1.807, 2.05) is 79.7 Å². The van der Waals surface area contributed by atoms with E-state index in [0.717, 1.165) is 22.3 Å². The summed E-state index contributed by atoms with van der Waals surface area (Å²) >= 11 is 0. The molecule has 2 atom stereocenters. The molecule has 0 spiro atoms. The van der Waals surface area contributed by atoms with Crippen molar-refractivity contribution >= 4 is 11.9 Å². The Kier molecular flexibility index (Phi) is 4.94. The number of hydrogen-bond donors (Lipinski definition) is 0. The lowest BCUT2D eigenvalue weighted by molar-refractivity contribution is -0.139. The maximum absolute atomic E-state index is 13.4. The van der Waals surface area contributed by atoms with Gasteiger partial charge in [-0.1, -0.05) is 84.9 Å². The first-order chi connectivity index (χ1) is 16.0. The van der Waals surface area contributed by atoms with Gasteiger partial charge in [-0.25, -0.2) is 9.59 Å². The number of rotatable bonds is 5. The van der Waals surface area contributed by atoms with Gasteiger partial charge in [-0.05, 0) is 29.2 Å². The Bertz CT molecular complexity index is 1270. The molecule has 2 aliphatic heterocycles. The Morgan fingerprint density at radius 1 is 0.727 bits per heavy atom. The number of carbonyl (C=O) groups is 2. The van der Waals surface area contributed by atoms with Crippen LogP contribution in [0.3, 0.4) is 0 Å². The van der Waals surface area contributed by atoms with Gasteiger partial charge in [-0.3, -0.25) is 4.90 Å². The van der Waals surface area contributed by atoms with Gasteiger partial charge >= 0.3 is 11.9 Å². The molecule has 3 aromatic rings. The fourth-order valence-electron chi connectivity index (χ4n) is 5.75. The van der Waals surface area contributed by atoms with E-state index in [9.17, 15) is 9.59 Å². The molecular weight excluding hydrogens is 414 g/mol. The number of esters is 2. The van der Waals surface area contributed by atoms with Crippen molar-refractivity contribution in [3.63, 3.8) is 0 Å². The maximum atomic E-state index is 13.4. The molecule has 0 radical (unpaired) electrons. The number of carbonyl (C=O) groups excluding carboxylic acids is 2. The average molecular weight is 440 g/mol. The Hall–Kier alpha value is -3.70. The lowest BCUT2D eigenvalue weighted by atomic mass is 9.70. The van der Waals surface area contributed by atoms with Crippen LogP contribution in [0.2, 0.25) is 0 Å². The third-order valence-electron chi connectivity index (χ3n) is 7.04. The molecule has 0 saturated carbocycles. The van der Waals surface area contributed by atoms with E-state index in [0.29, 0.717) is 17.7 Å². The fourth-order valence-corrected chi connectivity index (χ4v) is 5.75. The molecule has 5 heteroatoms. The zero-order valence-corrected chi connectivity index (χ0v) is 18.9. The van der Waals surface area contributed by atoms with Crippen molar-refractivity contribution in [1.29, 1.82) is 0 Å². The largest absolute Gasteiger partial charge is 0.466 e. The van der Waals surface area contributed by atoms with Crippen molar-refractivity contribution in [3.05, 3.63) is 118 Å². The highest BCUT2D eigenvalue weighted by atomic mass is 16.5. The lowest BCUT2D eigenvalue weighted by Gasteiger charge is -2.40. The van der Waals surface area contributed by atoms with Crippen LogP contribution < -0.4 is 0 Å². The number of hydrogen-bond acceptors (Lipinski definition) is 5. The van der Waals surface area contributed by atoms with Crippen LogP contribution in [-0.2, 0) is 36.7 Å². The van der Waals surface area contributed by atoms with Gasteiger partial charge in [0.05, 0.1) is 30.9 Å². The minimum atomic E-state index is -1.00. The quantitative estimate of drug-likeness (QED) is 0.555. The molecule has 2 heterocycles. The molecule has 0 aliphatic carbocycles. The maximum Gasteiger partial charge on any atom is 0.336 e. The molecule has 0 N–H and O–H groups in total. The van der Waals surface area contributed by atoms with E-state index < -0.39 is 23.0 Å². The van der Waals surface area contributed by atoms with Crippen LogP contribution >= 0.6 is 0 Å². The number of nitrogens with zero attached hydrogens (tertiary/aromatic N) is 1. The first-order valence-corrected chi connectivity index (χ1v) is 10.9. The summed E-state index contributed by atoms with van der Waals surface area (Å²) in [5.74, 6) is -1.06. The normalized spacial score (nSPS) is 23.4. The molecule has 2 bridgehead atoms. The highest BCUT2D eigenvalue weighted by Gasteiger charge is 2.69. The van der Waals surface area contributed by atoms with E-state index in [2.05, 4.69) is 17.0 Å². The Labute approximate surface area is 193 Å². The van der Waals surface area contributed by atoms with E-state index >= 15 is 0 Å². The highest BCUT2D eigenvalue weighted by Crippen LogP contribution is 2.66. The molecular formula is C28H25NO4. The third kappa shape index (κ3) is 2.69. The molecule has 0 aromatic heterocycles. The standard InChI is InChI=1S/C28H25NO4/c1-27-21-16-10-11-17-22(21)28(20-14-8-5-9-15-20,29(27)18-19-12-6-4-7-13-19)24(26(31)33-3)23(27)25(30)32-2/h4-17H,18H2,1-3H3. The fraction of sp³-hybridized carbons (Fsp3) is 0.214. The molecule has 5 rings (SSSR count). The molecule has 0 saturated heterocycles. The van der Waals surface area contributed by atoms with Crippen molar-refractivity contribution in [2.75, 3.05) is 14.2 Å². The Morgan fingerprint density at radius 3 is 1.85 bits per heavy atom. The zero-order chi connectivity index (χ0) is 23.2. The lowest BCUT2D eigenvalue weighted by Crippen LogP contribution is -2.47. The van der Waals surface area contributed by atoms with E-state index in [-0.39, 0.29) is 0 Å². The molecule has 0 amide bonds. The summed E-state index contributed by atoms with van der Waals surface area (Å²) in [6.07, 6.45) is 0. The van der Waals surface area contributed by atoms with Gasteiger partial charge in [-0.2, -0.15) is 0 Å². The average Bonchev–Trinajstić information content (AvgIpc) is 3.23. The van der Waals surface area contributed by atoms with E-state index in [4.69, 9.17) is 9.47 Å². The molecule has 5 nitrogen and oxygen atoms in total. The van der Waals surface area contributed by atoms with E-state index in [1.165, 1.54) is 14.2 Å². The molecule has 2 aliphatic rings. The van der Waals surface area contributed by atoms with Gasteiger partial charge in [0.15, 0.2) is 0 Å². The number of fused-ring (bicyclic) bond motifs is 5. The predicted molar refractivity (Wildman–Crippen MR) is 124 cm³/mol. The van der Waals surface area contributed by atoms with Crippen LogP contribution in [0, 0.1) is 0 Å². The number of ether oxygens (including phenoxy) is 2. The van der Waals surface area contributed by atoms with E-state index in [1.54, 1.807) is 0 Å². The van der Waals surface area contributed by atoms with Crippen molar-refractivity contribution in [1.82, 2.24) is 4.90 Å². The van der Waals surface area contributed by atoms with Crippen LogP contribution in [0.15, 0.2) is 96.1 Å². The summed E-state index contributed by atoms with van der Waals surface area (Å²) in [6.45, 7) is 2.52. The summed E-state index contributed by atoms with van der Waals surface area (Å²) in [5.41, 5.74) is 2.69. The second-order valence-corrected chi connectivity index (χ2v) is 8.50. The molecule has 166 valence electrons. The summed E-state index contributed by atoms with van der Waals surface area (Å²) in [5, 5.41) is 0. The molecule has 3 aromatic carbocycles. The summed E-state index contributed by atoms with van der Waals surface area (Å²) < 4.78 is 10.5. The van der Waals surface area contributed by atoms with Gasteiger partial charge in [0.2, 0.25) is 0 Å². The third-order valence-corrected chi connectivity index (χ3v) is 7.04. The zero-order valence-electron chi connectivity index (χ0n) is 18.9. The summed E-state index contributed by atoms with van der Waals surface area (Å²) in [4.78, 5) is 29.0. The first-order valence-electron chi connectivity index (χ1n) is 10.9. The molecule has 33 heavy (non-hydrogen) atoms. The Morgan fingerprint density at radius 2 is 1.24 bits per heavy atom. The van der Waals surface area contributed by atoms with Gasteiger partial charge < -0.3 is 9.47 Å². The van der Waals surface area contributed by atoms with Crippen LogP contribution in [0.1, 0.15) is 29.2 Å². The minimum Gasteiger partial charge on any atom is -0.466 e. The highest BCUT2D eigenvalue weighted by molar-refractivity contribution is 6.07. The van der Waals surface area contributed by atoms with Crippen molar-refractivity contribution in [2.24, 2.45) is 0 Å². The second kappa shape index (κ2) is 7.71. The van der Waals surface area contributed by atoms with Crippen molar-refractivity contribution in [2.45, 2.75) is 24.5 Å². The minimum absolute atomic E-state index is 0.320. The Balaban J connectivity index is 1.91. The van der Waals surface area contributed by atoms with Crippen molar-refractivity contribution < 1.29 is 19.1 Å². The summed E-state index contributed by atoms with van der Waals surface area (Å²) in [6, 6.07) is 28.0. The van der Waals surface area contributed by atoms with Crippen LogP contribution in [-0.4, -0.2) is 31.1 Å². The topological polar surface area (TPSA) is 55.8 Å². The van der Waals surface area contributed by atoms with Crippen LogP contribution in [0.25, 0.3) is 0 Å². The number of benzene rings is 3.